The number of fused-ring (bicyclic) bond motifs is 1. The van der Waals surface area contributed by atoms with Gasteiger partial charge < -0.3 is 9.30 Å². The highest BCUT2D eigenvalue weighted by atomic mass is 32.2. The molecule has 0 saturated heterocycles. The van der Waals surface area contributed by atoms with Gasteiger partial charge in [-0.1, -0.05) is 30.6 Å². The second-order valence-corrected chi connectivity index (χ2v) is 11.9. The van der Waals surface area contributed by atoms with Crippen molar-refractivity contribution >= 4 is 49.1 Å². The van der Waals surface area contributed by atoms with Crippen LogP contribution < -0.4 is 4.80 Å². The molecule has 3 aromatic rings. The number of aromatic nitrogens is 1. The molecule has 1 aromatic heterocycles. The van der Waals surface area contributed by atoms with E-state index in [-0.39, 0.29) is 40.1 Å². The van der Waals surface area contributed by atoms with Crippen LogP contribution in [0.15, 0.2) is 52.4 Å². The minimum atomic E-state index is -3.71. The van der Waals surface area contributed by atoms with E-state index in [0.29, 0.717) is 10.2 Å². The molecule has 202 valence electrons. The molecule has 2 aromatic carbocycles. The summed E-state index contributed by atoms with van der Waals surface area (Å²) in [5, 5.41) is 11.2. The lowest BCUT2D eigenvalue weighted by atomic mass is 9.96. The number of amides is 1. The van der Waals surface area contributed by atoms with Crippen LogP contribution in [0.1, 0.15) is 49.4 Å². The highest BCUT2D eigenvalue weighted by molar-refractivity contribution is 7.89. The number of thiazole rings is 1. The number of sulfonamides is 1. The van der Waals surface area contributed by atoms with Crippen molar-refractivity contribution in [3.05, 3.63) is 62.9 Å². The predicted octanol–water partition coefficient (Wildman–Crippen LogP) is 3.87. The summed E-state index contributed by atoms with van der Waals surface area (Å²) in [6, 6.07) is 9.71. The quantitative estimate of drug-likeness (QED) is 0.231. The smallest absolute Gasteiger partial charge is 0.326 e. The summed E-state index contributed by atoms with van der Waals surface area (Å²) in [5.74, 6) is -1.19. The largest absolute Gasteiger partial charge is 0.465 e. The van der Waals surface area contributed by atoms with Gasteiger partial charge in [-0.3, -0.25) is 19.7 Å². The van der Waals surface area contributed by atoms with Gasteiger partial charge >= 0.3 is 5.97 Å². The molecule has 13 heteroatoms. The van der Waals surface area contributed by atoms with Gasteiger partial charge in [-0.2, -0.15) is 9.30 Å². The molecule has 1 fully saturated rings. The average Bonchev–Trinajstić information content (AvgIpc) is 3.24. The zero-order valence-corrected chi connectivity index (χ0v) is 22.7. The summed E-state index contributed by atoms with van der Waals surface area (Å²) in [4.78, 5) is 40.3. The SMILES string of the molecule is CCOC(=O)Cn1c(=NC(=O)c2ccc(S(=O)(=O)N(C)C3CCCCC3)cc2)sc2cc([N+](=O)[O-])ccc21. The molecule has 0 spiro atoms. The van der Waals surface area contributed by atoms with Crippen molar-refractivity contribution in [3.63, 3.8) is 0 Å². The van der Waals surface area contributed by atoms with E-state index in [0.717, 1.165) is 43.4 Å². The Labute approximate surface area is 223 Å². The third-order valence-electron chi connectivity index (χ3n) is 6.53. The zero-order chi connectivity index (χ0) is 27.4. The van der Waals surface area contributed by atoms with Gasteiger partial charge in [0.2, 0.25) is 10.0 Å². The molecule has 0 radical (unpaired) electrons. The zero-order valence-electron chi connectivity index (χ0n) is 21.0. The lowest BCUT2D eigenvalue weighted by molar-refractivity contribution is -0.384. The van der Waals surface area contributed by atoms with Gasteiger partial charge in [0, 0.05) is 30.8 Å². The molecular weight excluding hydrogens is 532 g/mol. The molecule has 0 N–H and O–H groups in total. The maximum Gasteiger partial charge on any atom is 0.326 e. The lowest BCUT2D eigenvalue weighted by Crippen LogP contribution is -2.38. The Hall–Kier alpha value is -3.42. The summed E-state index contributed by atoms with van der Waals surface area (Å²) in [6.07, 6.45) is 4.77. The van der Waals surface area contributed by atoms with E-state index in [1.807, 2.05) is 0 Å². The molecule has 0 bridgehead atoms. The standard InChI is InChI=1S/C25H28N4O7S2/c1-3-36-23(30)16-28-21-14-11-19(29(32)33)15-22(21)37-25(28)26-24(31)17-9-12-20(13-10-17)38(34,35)27(2)18-7-5-4-6-8-18/h9-15,18H,3-8,16H2,1-2H3. The summed E-state index contributed by atoms with van der Waals surface area (Å²) < 4.78 is 34.6. The van der Waals surface area contributed by atoms with E-state index in [4.69, 9.17) is 4.74 Å². The Morgan fingerprint density at radius 1 is 1.16 bits per heavy atom. The molecule has 1 amide bonds. The van der Waals surface area contributed by atoms with Gasteiger partial charge in [-0.05, 0) is 50.1 Å². The third kappa shape index (κ3) is 5.84. The highest BCUT2D eigenvalue weighted by Gasteiger charge is 2.29. The first-order valence-electron chi connectivity index (χ1n) is 12.2. The number of nitro benzene ring substituents is 1. The van der Waals surface area contributed by atoms with E-state index in [2.05, 4.69) is 4.99 Å². The summed E-state index contributed by atoms with van der Waals surface area (Å²) >= 11 is 1.03. The van der Waals surface area contributed by atoms with E-state index < -0.39 is 26.8 Å². The Balaban J connectivity index is 1.66. The predicted molar refractivity (Wildman–Crippen MR) is 141 cm³/mol. The summed E-state index contributed by atoms with van der Waals surface area (Å²) in [6.45, 7) is 1.61. The highest BCUT2D eigenvalue weighted by Crippen LogP contribution is 2.27. The second-order valence-electron chi connectivity index (χ2n) is 8.94. The number of rotatable bonds is 8. The Morgan fingerprint density at radius 3 is 2.47 bits per heavy atom. The minimum absolute atomic E-state index is 0.0383. The minimum Gasteiger partial charge on any atom is -0.465 e. The van der Waals surface area contributed by atoms with Crippen molar-refractivity contribution in [2.75, 3.05) is 13.7 Å². The number of non-ortho nitro benzene ring substituents is 1. The van der Waals surface area contributed by atoms with E-state index >= 15 is 0 Å². The molecule has 38 heavy (non-hydrogen) atoms. The Kier molecular flexibility index (Phi) is 8.38. The number of carbonyl (C=O) groups is 2. The van der Waals surface area contributed by atoms with Gasteiger partial charge in [-0.15, -0.1) is 0 Å². The summed E-state index contributed by atoms with van der Waals surface area (Å²) in [5.41, 5.74) is 0.526. The number of benzene rings is 2. The number of hydrogen-bond acceptors (Lipinski definition) is 8. The van der Waals surface area contributed by atoms with Crippen LogP contribution in [0.25, 0.3) is 10.2 Å². The molecule has 1 aliphatic carbocycles. The molecule has 0 aliphatic heterocycles. The van der Waals surface area contributed by atoms with Crippen LogP contribution >= 0.6 is 11.3 Å². The van der Waals surface area contributed by atoms with Crippen LogP contribution in [0, 0.1) is 10.1 Å². The maximum atomic E-state index is 13.1. The first kappa shape index (κ1) is 27.6. The first-order valence-corrected chi connectivity index (χ1v) is 14.5. The van der Waals surface area contributed by atoms with Crippen molar-refractivity contribution in [1.29, 1.82) is 0 Å². The number of esters is 1. The molecule has 0 atom stereocenters. The molecular formula is C25H28N4O7S2. The normalized spacial score (nSPS) is 15.2. The van der Waals surface area contributed by atoms with Crippen LogP contribution in [0.5, 0.6) is 0 Å². The van der Waals surface area contributed by atoms with E-state index in [1.54, 1.807) is 14.0 Å². The number of nitro groups is 1. The topological polar surface area (TPSA) is 141 Å². The Morgan fingerprint density at radius 2 is 1.84 bits per heavy atom. The number of nitrogens with zero attached hydrogens (tertiary/aromatic N) is 4. The van der Waals surface area contributed by atoms with Gasteiger partial charge in [-0.25, -0.2) is 8.42 Å². The second kappa shape index (κ2) is 11.5. The number of hydrogen-bond donors (Lipinski definition) is 0. The number of carbonyl (C=O) groups excluding carboxylic acids is 2. The Bertz CT molecular complexity index is 1540. The van der Waals surface area contributed by atoms with Crippen LogP contribution in [0.3, 0.4) is 0 Å². The molecule has 1 heterocycles. The molecule has 1 saturated carbocycles. The first-order chi connectivity index (χ1) is 18.1. The monoisotopic (exact) mass is 560 g/mol. The maximum absolute atomic E-state index is 13.1. The van der Waals surface area contributed by atoms with Crippen molar-refractivity contribution < 1.29 is 27.7 Å². The fraction of sp³-hybridized carbons (Fsp3) is 0.400. The van der Waals surface area contributed by atoms with Crippen molar-refractivity contribution in [3.8, 4) is 0 Å². The third-order valence-corrected chi connectivity index (χ3v) is 9.50. The van der Waals surface area contributed by atoms with Crippen LogP contribution in [-0.2, 0) is 26.1 Å². The van der Waals surface area contributed by atoms with Crippen LogP contribution in [-0.4, -0.2) is 53.8 Å². The fourth-order valence-corrected chi connectivity index (χ4v) is 6.95. The van der Waals surface area contributed by atoms with Gasteiger partial charge in [0.25, 0.3) is 11.6 Å². The van der Waals surface area contributed by atoms with Gasteiger partial charge in [0.15, 0.2) is 4.80 Å². The molecule has 1 aliphatic rings. The summed E-state index contributed by atoms with van der Waals surface area (Å²) in [7, 11) is -2.12. The van der Waals surface area contributed by atoms with Gasteiger partial charge in [0.1, 0.15) is 6.54 Å². The van der Waals surface area contributed by atoms with E-state index in [1.165, 1.54) is 51.3 Å². The molecule has 0 unspecified atom stereocenters. The van der Waals surface area contributed by atoms with Gasteiger partial charge in [0.05, 0.1) is 26.6 Å². The van der Waals surface area contributed by atoms with Crippen molar-refractivity contribution in [2.45, 2.75) is 56.5 Å². The number of ether oxygens (including phenoxy) is 1. The lowest BCUT2D eigenvalue weighted by Gasteiger charge is -2.30. The molecule has 4 rings (SSSR count). The average molecular weight is 561 g/mol. The molecule has 11 nitrogen and oxygen atoms in total. The van der Waals surface area contributed by atoms with Crippen LogP contribution in [0.2, 0.25) is 0 Å². The van der Waals surface area contributed by atoms with E-state index in [9.17, 15) is 28.1 Å². The van der Waals surface area contributed by atoms with Crippen molar-refractivity contribution in [2.24, 2.45) is 4.99 Å². The van der Waals surface area contributed by atoms with Crippen molar-refractivity contribution in [1.82, 2.24) is 8.87 Å². The van der Waals surface area contributed by atoms with Crippen LogP contribution in [0.4, 0.5) is 5.69 Å². The fourth-order valence-electron chi connectivity index (χ4n) is 4.48.